The van der Waals surface area contributed by atoms with Crippen LogP contribution < -0.4 is 0 Å². The van der Waals surface area contributed by atoms with Gasteiger partial charge in [0.1, 0.15) is 7.85 Å². The summed E-state index contributed by atoms with van der Waals surface area (Å²) in [5.74, 6) is 0. The van der Waals surface area contributed by atoms with E-state index < -0.39 is 0 Å². The Morgan fingerprint density at radius 3 is 2.73 bits per heavy atom. The lowest BCUT2D eigenvalue weighted by molar-refractivity contribution is -0.0154. The van der Waals surface area contributed by atoms with Gasteiger partial charge >= 0.3 is 0 Å². The van der Waals surface area contributed by atoms with Crippen molar-refractivity contribution in [3.05, 3.63) is 0 Å². The maximum absolute atomic E-state index is 5.55. The van der Waals surface area contributed by atoms with Crippen LogP contribution in [0, 0.1) is 0 Å². The van der Waals surface area contributed by atoms with Crippen LogP contribution in [0.15, 0.2) is 0 Å². The molecule has 0 amide bonds. The van der Waals surface area contributed by atoms with E-state index >= 15 is 0 Å². The fourth-order valence-electron chi connectivity index (χ4n) is 1.16. The lowest BCUT2D eigenvalue weighted by atomic mass is 9.97. The van der Waals surface area contributed by atoms with Crippen LogP contribution >= 0.6 is 0 Å². The van der Waals surface area contributed by atoms with Crippen LogP contribution in [-0.4, -0.2) is 32.7 Å². The fraction of sp³-hybridized carbons (Fsp3) is 1.00. The molecule has 0 bridgehead atoms. The van der Waals surface area contributed by atoms with Crippen LogP contribution in [0.5, 0.6) is 0 Å². The zero-order valence-corrected chi connectivity index (χ0v) is 7.25. The highest BCUT2D eigenvalue weighted by Crippen LogP contribution is 2.17. The molecule has 2 atom stereocenters. The summed E-state index contributed by atoms with van der Waals surface area (Å²) in [4.78, 5) is 0. The molecule has 2 nitrogen and oxygen atoms in total. The summed E-state index contributed by atoms with van der Waals surface area (Å²) in [6, 6.07) is -0.0595. The van der Waals surface area contributed by atoms with Gasteiger partial charge in [-0.2, -0.15) is 0 Å². The molecule has 1 aliphatic heterocycles. The minimum absolute atomic E-state index is 0.0595. The molecule has 0 spiro atoms. The smallest absolute Gasteiger partial charge is 0.109 e. The van der Waals surface area contributed by atoms with E-state index in [9.17, 15) is 0 Å². The fourth-order valence-corrected chi connectivity index (χ4v) is 1.16. The molecule has 2 unspecified atom stereocenters. The lowest BCUT2D eigenvalue weighted by Gasteiger charge is -2.13. The first-order chi connectivity index (χ1) is 5.18. The Hall–Kier alpha value is -0.0151. The van der Waals surface area contributed by atoms with Gasteiger partial charge in [0, 0.05) is 6.00 Å². The molecule has 0 N–H and O–H groups in total. The van der Waals surface area contributed by atoms with E-state index in [0.717, 1.165) is 12.8 Å². The van der Waals surface area contributed by atoms with Crippen LogP contribution in [0.1, 0.15) is 26.7 Å². The normalized spacial score (nSPS) is 31.5. The van der Waals surface area contributed by atoms with E-state index in [1.807, 2.05) is 13.8 Å². The largest absolute Gasteiger partial charge is 0.382 e. The third kappa shape index (κ3) is 3.26. The highest BCUT2D eigenvalue weighted by Gasteiger charge is 2.21. The Morgan fingerprint density at radius 1 is 1.55 bits per heavy atom. The van der Waals surface area contributed by atoms with Crippen molar-refractivity contribution in [1.82, 2.24) is 0 Å². The molecule has 62 valence electrons. The molecule has 1 rings (SSSR count). The second kappa shape index (κ2) is 4.12. The molecule has 0 aliphatic carbocycles. The monoisotopic (exact) mass is 154 g/mol. The van der Waals surface area contributed by atoms with Crippen molar-refractivity contribution >= 4 is 7.85 Å². The summed E-state index contributed by atoms with van der Waals surface area (Å²) in [6.07, 6.45) is 2.52. The minimum atomic E-state index is -0.0595. The maximum Gasteiger partial charge on any atom is 0.109 e. The Kier molecular flexibility index (Phi) is 3.40. The third-order valence-corrected chi connectivity index (χ3v) is 1.76. The first-order valence-electron chi connectivity index (χ1n) is 4.21. The van der Waals surface area contributed by atoms with E-state index in [4.69, 9.17) is 17.3 Å². The van der Waals surface area contributed by atoms with Gasteiger partial charge in [0.15, 0.2) is 0 Å². The Morgan fingerprint density at radius 2 is 2.27 bits per heavy atom. The first kappa shape index (κ1) is 9.08. The van der Waals surface area contributed by atoms with E-state index in [-0.39, 0.29) is 18.2 Å². The van der Waals surface area contributed by atoms with Crippen molar-refractivity contribution in [1.29, 1.82) is 0 Å². The second-order valence-electron chi connectivity index (χ2n) is 3.26. The molecule has 0 aromatic heterocycles. The predicted octanol–water partition coefficient (Wildman–Crippen LogP) is 1.08. The molecule has 1 heterocycles. The highest BCUT2D eigenvalue weighted by atomic mass is 16.5. The first-order valence-corrected chi connectivity index (χ1v) is 4.21. The summed E-state index contributed by atoms with van der Waals surface area (Å²) in [5, 5.41) is 0. The van der Waals surface area contributed by atoms with Gasteiger partial charge in [-0.05, 0) is 26.7 Å². The average Bonchev–Trinajstić information content (AvgIpc) is 2.31. The van der Waals surface area contributed by atoms with Gasteiger partial charge in [0.25, 0.3) is 0 Å². The summed E-state index contributed by atoms with van der Waals surface area (Å²) in [7, 11) is 5.55. The summed E-state index contributed by atoms with van der Waals surface area (Å²) in [5.41, 5.74) is 0. The van der Waals surface area contributed by atoms with E-state index in [0.29, 0.717) is 6.61 Å². The summed E-state index contributed by atoms with van der Waals surface area (Å²) < 4.78 is 10.8. The van der Waals surface area contributed by atoms with Gasteiger partial charge in [0.05, 0.1) is 18.8 Å². The molecule has 1 aliphatic rings. The average molecular weight is 154 g/mol. The molecule has 1 fully saturated rings. The van der Waals surface area contributed by atoms with Gasteiger partial charge in [-0.25, -0.2) is 0 Å². The summed E-state index contributed by atoms with van der Waals surface area (Å²) in [6.45, 7) is 4.73. The van der Waals surface area contributed by atoms with Gasteiger partial charge in [-0.15, -0.1) is 0 Å². The van der Waals surface area contributed by atoms with E-state index in [2.05, 4.69) is 0 Å². The highest BCUT2D eigenvalue weighted by molar-refractivity contribution is 6.11. The van der Waals surface area contributed by atoms with Gasteiger partial charge in [-0.1, -0.05) is 0 Å². The SMILES string of the molecule is [B]C1CCC(COC(C)C)O1. The van der Waals surface area contributed by atoms with Crippen molar-refractivity contribution < 1.29 is 9.47 Å². The van der Waals surface area contributed by atoms with Gasteiger partial charge < -0.3 is 9.47 Å². The van der Waals surface area contributed by atoms with Crippen molar-refractivity contribution in [2.24, 2.45) is 0 Å². The van der Waals surface area contributed by atoms with E-state index in [1.165, 1.54) is 0 Å². The topological polar surface area (TPSA) is 18.5 Å². The lowest BCUT2D eigenvalue weighted by Crippen LogP contribution is -2.19. The van der Waals surface area contributed by atoms with Crippen LogP contribution in [0.2, 0.25) is 0 Å². The van der Waals surface area contributed by atoms with Crippen LogP contribution in [-0.2, 0) is 9.47 Å². The number of hydrogen-bond donors (Lipinski definition) is 0. The molecule has 11 heavy (non-hydrogen) atoms. The number of rotatable bonds is 3. The van der Waals surface area contributed by atoms with Gasteiger partial charge in [0.2, 0.25) is 0 Å². The predicted molar refractivity (Wildman–Crippen MR) is 44.7 cm³/mol. The number of hydrogen-bond acceptors (Lipinski definition) is 2. The molecule has 3 heteroatoms. The van der Waals surface area contributed by atoms with Crippen LogP contribution in [0.4, 0.5) is 0 Å². The molecule has 2 radical (unpaired) electrons. The third-order valence-electron chi connectivity index (χ3n) is 1.76. The molecular formula is C8H15BO2. The molecule has 1 saturated heterocycles. The Bertz CT molecular complexity index is 117. The Labute approximate surface area is 69.7 Å². The second-order valence-corrected chi connectivity index (χ2v) is 3.26. The van der Waals surface area contributed by atoms with Crippen molar-refractivity contribution in [3.8, 4) is 0 Å². The number of ether oxygens (including phenoxy) is 2. The molecule has 0 saturated carbocycles. The standard InChI is InChI=1S/C8H15BO2/c1-6(2)10-5-7-3-4-8(9)11-7/h6-8H,3-5H2,1-2H3. The Balaban J connectivity index is 2.08. The zero-order chi connectivity index (χ0) is 8.27. The maximum atomic E-state index is 5.55. The van der Waals surface area contributed by atoms with Crippen LogP contribution in [0.3, 0.4) is 0 Å². The van der Waals surface area contributed by atoms with Crippen LogP contribution in [0.25, 0.3) is 0 Å². The molecule has 0 aromatic carbocycles. The van der Waals surface area contributed by atoms with Crippen molar-refractivity contribution in [3.63, 3.8) is 0 Å². The van der Waals surface area contributed by atoms with Crippen molar-refractivity contribution in [2.45, 2.75) is 44.9 Å². The quantitative estimate of drug-likeness (QED) is 0.566. The van der Waals surface area contributed by atoms with E-state index in [1.54, 1.807) is 0 Å². The zero-order valence-electron chi connectivity index (χ0n) is 7.25. The van der Waals surface area contributed by atoms with Gasteiger partial charge in [-0.3, -0.25) is 0 Å². The summed E-state index contributed by atoms with van der Waals surface area (Å²) >= 11 is 0. The molecular weight excluding hydrogens is 139 g/mol. The molecule has 0 aromatic rings. The minimum Gasteiger partial charge on any atom is -0.382 e. The van der Waals surface area contributed by atoms with Crippen molar-refractivity contribution in [2.75, 3.05) is 6.61 Å².